The molecule has 2 aromatic rings. The lowest BCUT2D eigenvalue weighted by atomic mass is 10.1. The molecule has 4 heteroatoms. The van der Waals surface area contributed by atoms with Crippen molar-refractivity contribution in [3.63, 3.8) is 0 Å². The van der Waals surface area contributed by atoms with E-state index in [4.69, 9.17) is 9.47 Å². The third kappa shape index (κ3) is 5.11. The Kier molecular flexibility index (Phi) is 6.12. The van der Waals surface area contributed by atoms with Crippen LogP contribution in [0.1, 0.15) is 28.4 Å². The smallest absolute Gasteiger partial charge is 0.339 e. The summed E-state index contributed by atoms with van der Waals surface area (Å²) in [7, 11) is 0. The third-order valence-corrected chi connectivity index (χ3v) is 3.08. The van der Waals surface area contributed by atoms with E-state index in [0.29, 0.717) is 17.7 Å². The summed E-state index contributed by atoms with van der Waals surface area (Å²) in [6.07, 6.45) is 2.85. The molecule has 0 aliphatic heterocycles. The summed E-state index contributed by atoms with van der Waals surface area (Å²) in [6, 6.07) is 16.4. The van der Waals surface area contributed by atoms with Crippen molar-refractivity contribution in [2.75, 3.05) is 6.61 Å². The molecule has 0 fully saturated rings. The van der Waals surface area contributed by atoms with Gasteiger partial charge < -0.3 is 9.47 Å². The molecule has 0 bridgehead atoms. The van der Waals surface area contributed by atoms with Gasteiger partial charge in [0.05, 0.1) is 12.2 Å². The summed E-state index contributed by atoms with van der Waals surface area (Å²) < 4.78 is 10.1. The molecule has 118 valence electrons. The van der Waals surface area contributed by atoms with Crippen LogP contribution in [0, 0.1) is 0 Å². The van der Waals surface area contributed by atoms with Crippen molar-refractivity contribution in [2.45, 2.75) is 13.5 Å². The summed E-state index contributed by atoms with van der Waals surface area (Å²) in [5.41, 5.74) is 1.93. The number of carbonyl (C=O) groups is 2. The monoisotopic (exact) mass is 310 g/mol. The average Bonchev–Trinajstić information content (AvgIpc) is 2.59. The molecule has 0 aliphatic rings. The number of hydrogen-bond acceptors (Lipinski definition) is 4. The Morgan fingerprint density at radius 1 is 0.957 bits per heavy atom. The Labute approximate surface area is 135 Å². The Balaban J connectivity index is 2.07. The summed E-state index contributed by atoms with van der Waals surface area (Å²) in [5, 5.41) is 0. The standard InChI is InChI=1S/C19H18O4/c1-2-22-18(20)13-12-16-10-6-7-11-17(16)19(21)23-14-15-8-4-3-5-9-15/h3-13H,2,14H2,1H3/b13-12+. The molecular formula is C19H18O4. The van der Waals surface area contributed by atoms with E-state index < -0.39 is 11.9 Å². The summed E-state index contributed by atoms with van der Waals surface area (Å²) in [5.74, 6) is -0.877. The Hall–Kier alpha value is -2.88. The quantitative estimate of drug-likeness (QED) is 0.604. The molecule has 2 rings (SSSR count). The Bertz CT molecular complexity index is 690. The van der Waals surface area contributed by atoms with Crippen molar-refractivity contribution >= 4 is 18.0 Å². The van der Waals surface area contributed by atoms with E-state index in [1.54, 1.807) is 37.3 Å². The van der Waals surface area contributed by atoms with Gasteiger partial charge in [0, 0.05) is 6.08 Å². The second-order valence-electron chi connectivity index (χ2n) is 4.73. The van der Waals surface area contributed by atoms with Crippen molar-refractivity contribution in [2.24, 2.45) is 0 Å². The van der Waals surface area contributed by atoms with E-state index in [9.17, 15) is 9.59 Å². The predicted molar refractivity (Wildman–Crippen MR) is 87.7 cm³/mol. The molecule has 0 amide bonds. The van der Waals surface area contributed by atoms with Gasteiger partial charge in [0.2, 0.25) is 0 Å². The summed E-state index contributed by atoms with van der Waals surface area (Å²) in [4.78, 5) is 23.6. The van der Waals surface area contributed by atoms with Crippen molar-refractivity contribution in [3.8, 4) is 0 Å². The zero-order chi connectivity index (χ0) is 16.5. The van der Waals surface area contributed by atoms with Gasteiger partial charge in [-0.2, -0.15) is 0 Å². The highest BCUT2D eigenvalue weighted by molar-refractivity contribution is 5.95. The van der Waals surface area contributed by atoms with Crippen LogP contribution in [-0.4, -0.2) is 18.5 Å². The van der Waals surface area contributed by atoms with Crippen LogP contribution in [0.4, 0.5) is 0 Å². The predicted octanol–water partition coefficient (Wildman–Crippen LogP) is 3.62. The van der Waals surface area contributed by atoms with Crippen molar-refractivity contribution in [3.05, 3.63) is 77.4 Å². The highest BCUT2D eigenvalue weighted by atomic mass is 16.5. The first-order chi connectivity index (χ1) is 11.2. The molecule has 0 spiro atoms. The molecule has 0 unspecified atom stereocenters. The molecule has 0 saturated heterocycles. The maximum Gasteiger partial charge on any atom is 0.339 e. The van der Waals surface area contributed by atoms with E-state index in [1.165, 1.54) is 6.08 Å². The maximum absolute atomic E-state index is 12.2. The van der Waals surface area contributed by atoms with E-state index in [-0.39, 0.29) is 6.61 Å². The van der Waals surface area contributed by atoms with Gasteiger partial charge in [-0.1, -0.05) is 48.5 Å². The van der Waals surface area contributed by atoms with Gasteiger partial charge in [0.15, 0.2) is 0 Å². The first kappa shape index (κ1) is 16.5. The number of hydrogen-bond donors (Lipinski definition) is 0. The SMILES string of the molecule is CCOC(=O)/C=C/c1ccccc1C(=O)OCc1ccccc1. The van der Waals surface area contributed by atoms with Crippen molar-refractivity contribution < 1.29 is 19.1 Å². The molecular weight excluding hydrogens is 292 g/mol. The van der Waals surface area contributed by atoms with Gasteiger partial charge in [-0.25, -0.2) is 9.59 Å². The van der Waals surface area contributed by atoms with Gasteiger partial charge in [-0.3, -0.25) is 0 Å². The fourth-order valence-electron chi connectivity index (χ4n) is 1.98. The van der Waals surface area contributed by atoms with Crippen LogP contribution in [0.15, 0.2) is 60.7 Å². The van der Waals surface area contributed by atoms with E-state index in [1.807, 2.05) is 30.3 Å². The fourth-order valence-corrected chi connectivity index (χ4v) is 1.98. The van der Waals surface area contributed by atoms with E-state index in [0.717, 1.165) is 5.56 Å². The topological polar surface area (TPSA) is 52.6 Å². The second kappa shape index (κ2) is 8.54. The van der Waals surface area contributed by atoms with Gasteiger partial charge in [0.25, 0.3) is 0 Å². The van der Waals surface area contributed by atoms with Crippen LogP contribution in [0.3, 0.4) is 0 Å². The molecule has 0 N–H and O–H groups in total. The van der Waals surface area contributed by atoms with Crippen molar-refractivity contribution in [1.29, 1.82) is 0 Å². The first-order valence-corrected chi connectivity index (χ1v) is 7.35. The zero-order valence-electron chi connectivity index (χ0n) is 12.9. The minimum atomic E-state index is -0.444. The number of ether oxygens (including phenoxy) is 2. The molecule has 0 saturated carbocycles. The highest BCUT2D eigenvalue weighted by Gasteiger charge is 2.11. The Morgan fingerprint density at radius 2 is 1.65 bits per heavy atom. The number of rotatable bonds is 6. The number of benzene rings is 2. The lowest BCUT2D eigenvalue weighted by Crippen LogP contribution is -2.07. The second-order valence-corrected chi connectivity index (χ2v) is 4.73. The normalized spacial score (nSPS) is 10.5. The molecule has 0 heterocycles. The molecule has 4 nitrogen and oxygen atoms in total. The highest BCUT2D eigenvalue weighted by Crippen LogP contribution is 2.13. The van der Waals surface area contributed by atoms with Gasteiger partial charge in [-0.05, 0) is 30.2 Å². The van der Waals surface area contributed by atoms with E-state index >= 15 is 0 Å². The molecule has 23 heavy (non-hydrogen) atoms. The minimum absolute atomic E-state index is 0.204. The largest absolute Gasteiger partial charge is 0.463 e. The lowest BCUT2D eigenvalue weighted by molar-refractivity contribution is -0.137. The molecule has 0 aromatic heterocycles. The zero-order valence-corrected chi connectivity index (χ0v) is 12.9. The van der Waals surface area contributed by atoms with Crippen LogP contribution >= 0.6 is 0 Å². The van der Waals surface area contributed by atoms with Crippen LogP contribution in [0.5, 0.6) is 0 Å². The molecule has 2 aromatic carbocycles. The summed E-state index contributed by atoms with van der Waals surface area (Å²) >= 11 is 0. The third-order valence-electron chi connectivity index (χ3n) is 3.08. The van der Waals surface area contributed by atoms with Gasteiger partial charge in [0.1, 0.15) is 6.61 Å². The number of esters is 2. The van der Waals surface area contributed by atoms with E-state index in [2.05, 4.69) is 0 Å². The molecule has 0 radical (unpaired) electrons. The summed E-state index contributed by atoms with van der Waals surface area (Å²) in [6.45, 7) is 2.25. The molecule has 0 aliphatic carbocycles. The lowest BCUT2D eigenvalue weighted by Gasteiger charge is -2.07. The number of carbonyl (C=O) groups excluding carboxylic acids is 2. The maximum atomic E-state index is 12.2. The minimum Gasteiger partial charge on any atom is -0.463 e. The first-order valence-electron chi connectivity index (χ1n) is 7.35. The van der Waals surface area contributed by atoms with Gasteiger partial charge >= 0.3 is 11.9 Å². The van der Waals surface area contributed by atoms with Crippen LogP contribution in [0.2, 0.25) is 0 Å². The fraction of sp³-hybridized carbons (Fsp3) is 0.158. The van der Waals surface area contributed by atoms with Crippen LogP contribution in [-0.2, 0) is 20.9 Å². The average molecular weight is 310 g/mol. The Morgan fingerprint density at radius 3 is 2.39 bits per heavy atom. The van der Waals surface area contributed by atoms with Crippen LogP contribution < -0.4 is 0 Å². The van der Waals surface area contributed by atoms with Crippen molar-refractivity contribution in [1.82, 2.24) is 0 Å². The van der Waals surface area contributed by atoms with Gasteiger partial charge in [-0.15, -0.1) is 0 Å². The van der Waals surface area contributed by atoms with Crippen LogP contribution in [0.25, 0.3) is 6.08 Å². The molecule has 0 atom stereocenters.